The second kappa shape index (κ2) is 8.77. The molecule has 0 saturated carbocycles. The van der Waals surface area contributed by atoms with Gasteiger partial charge in [-0.2, -0.15) is 5.10 Å². The molecule has 1 amide bonds. The van der Waals surface area contributed by atoms with Gasteiger partial charge < -0.3 is 14.9 Å². The fraction of sp³-hybridized carbons (Fsp3) is 0.407. The maximum Gasteiger partial charge on any atom is 0.237 e. The van der Waals surface area contributed by atoms with E-state index in [1.165, 1.54) is 11.1 Å². The molecule has 4 heterocycles. The van der Waals surface area contributed by atoms with Crippen molar-refractivity contribution in [3.63, 3.8) is 0 Å². The van der Waals surface area contributed by atoms with E-state index in [-0.39, 0.29) is 24.4 Å². The lowest BCUT2D eigenvalue weighted by molar-refractivity contribution is -0.133. The first kappa shape index (κ1) is 22.2. The number of nitrogens with zero attached hydrogens (tertiary/aromatic N) is 4. The summed E-state index contributed by atoms with van der Waals surface area (Å²) in [7, 11) is 2.04. The van der Waals surface area contributed by atoms with Crippen LogP contribution in [0.1, 0.15) is 36.0 Å². The molecule has 1 aromatic carbocycles. The van der Waals surface area contributed by atoms with Gasteiger partial charge >= 0.3 is 0 Å². The van der Waals surface area contributed by atoms with Gasteiger partial charge in [0.05, 0.1) is 30.6 Å². The van der Waals surface area contributed by atoms with Crippen LogP contribution in [-0.4, -0.2) is 83.8 Å². The Morgan fingerprint density at radius 3 is 2.97 bits per heavy atom. The zero-order chi connectivity index (χ0) is 24.1. The Morgan fingerprint density at radius 2 is 2.17 bits per heavy atom. The number of hydrogen-bond acceptors (Lipinski definition) is 6. The number of benzene rings is 1. The van der Waals surface area contributed by atoms with Gasteiger partial charge in [0.2, 0.25) is 5.91 Å². The molecule has 1 fully saturated rings. The molecule has 2 N–H and O–H groups in total. The summed E-state index contributed by atoms with van der Waals surface area (Å²) < 4.78 is 14.5. The first-order valence-corrected chi connectivity index (χ1v) is 12.4. The van der Waals surface area contributed by atoms with Gasteiger partial charge in [0.25, 0.3) is 0 Å². The molecule has 1 atom stereocenters. The molecule has 0 bridgehead atoms. The number of amides is 1. The molecule has 0 radical (unpaired) electrons. The number of likely N-dealkylation sites (N-methyl/N-ethyl adjacent to an activating group) is 1. The van der Waals surface area contributed by atoms with Crippen molar-refractivity contribution in [2.45, 2.75) is 25.3 Å². The molecule has 182 valence electrons. The van der Waals surface area contributed by atoms with Crippen LogP contribution >= 0.6 is 0 Å². The number of hydrogen-bond donors (Lipinski definition) is 2. The maximum absolute atomic E-state index is 14.5. The third-order valence-corrected chi connectivity index (χ3v) is 7.66. The Morgan fingerprint density at radius 1 is 1.29 bits per heavy atom. The van der Waals surface area contributed by atoms with E-state index in [4.69, 9.17) is 0 Å². The first-order chi connectivity index (χ1) is 17.0. The third-order valence-electron chi connectivity index (χ3n) is 7.66. The van der Waals surface area contributed by atoms with Crippen molar-refractivity contribution in [3.05, 3.63) is 69.8 Å². The van der Waals surface area contributed by atoms with E-state index in [0.29, 0.717) is 13.1 Å². The lowest BCUT2D eigenvalue weighted by atomic mass is 9.88. The van der Waals surface area contributed by atoms with E-state index in [0.717, 1.165) is 72.6 Å². The predicted octanol–water partition coefficient (Wildman–Crippen LogP) is 2.32. The Bertz CT molecular complexity index is 1240. The largest absolute Gasteiger partial charge is 0.394 e. The normalized spacial score (nSPS) is 23.4. The van der Waals surface area contributed by atoms with Crippen molar-refractivity contribution in [1.29, 1.82) is 0 Å². The zero-order valence-corrected chi connectivity index (χ0v) is 19.9. The summed E-state index contributed by atoms with van der Waals surface area (Å²) in [6.07, 6.45) is 10.8. The van der Waals surface area contributed by atoms with Crippen molar-refractivity contribution < 1.29 is 14.3 Å². The van der Waals surface area contributed by atoms with E-state index in [1.807, 2.05) is 24.1 Å². The third kappa shape index (κ3) is 3.90. The Hall–Kier alpha value is -3.23. The van der Waals surface area contributed by atoms with Crippen molar-refractivity contribution in [2.24, 2.45) is 5.10 Å². The number of carbonyl (C=O) groups is 1. The molecule has 8 heteroatoms. The van der Waals surface area contributed by atoms with Crippen molar-refractivity contribution in [3.8, 4) is 0 Å². The molecule has 7 nitrogen and oxygen atoms in total. The minimum absolute atomic E-state index is 0.0324. The minimum atomic E-state index is -0.250. The number of aliphatic hydroxyl groups is 1. The number of rotatable bonds is 4. The second-order valence-electron chi connectivity index (χ2n) is 9.95. The monoisotopic (exact) mass is 475 g/mol. The summed E-state index contributed by atoms with van der Waals surface area (Å²) in [5, 5.41) is 14.2. The van der Waals surface area contributed by atoms with Gasteiger partial charge in [0.15, 0.2) is 0 Å². The topological polar surface area (TPSA) is 71.4 Å². The van der Waals surface area contributed by atoms with Gasteiger partial charge in [-0.05, 0) is 54.2 Å². The lowest BCUT2D eigenvalue weighted by Crippen LogP contribution is -2.45. The number of aliphatic hydroxyl groups excluding tert-OH is 1. The van der Waals surface area contributed by atoms with Gasteiger partial charge in [-0.15, -0.1) is 0 Å². The summed E-state index contributed by atoms with van der Waals surface area (Å²) in [5.41, 5.74) is 11.1. The standard InChI is InChI=1S/C27H30FN5O2/c1-31-13-22(17-6-9-32(10-7-17)15-25(35)33-8-2-3-20(33)16-34)27-23(14-31)21-12-19(28)11-18-4-5-24(26(18)21)29-30-27/h4-6,11-12,14,20,30,34H,2-3,7-10,13,15-16H2,1H3/t20-/m0/s1. The highest BCUT2D eigenvalue weighted by molar-refractivity contribution is 6.20. The molecule has 0 aromatic heterocycles. The van der Waals surface area contributed by atoms with Crippen LogP contribution in [0.5, 0.6) is 0 Å². The Labute approximate surface area is 204 Å². The quantitative estimate of drug-likeness (QED) is 0.700. The molecule has 35 heavy (non-hydrogen) atoms. The second-order valence-corrected chi connectivity index (χ2v) is 9.95. The number of hydrazone groups is 1. The van der Waals surface area contributed by atoms with Crippen LogP contribution in [0.25, 0.3) is 11.6 Å². The van der Waals surface area contributed by atoms with E-state index in [1.54, 1.807) is 12.1 Å². The van der Waals surface area contributed by atoms with Crippen LogP contribution < -0.4 is 5.43 Å². The Balaban J connectivity index is 1.26. The van der Waals surface area contributed by atoms with E-state index >= 15 is 0 Å². The summed E-state index contributed by atoms with van der Waals surface area (Å²) in [5.74, 6) is -0.146. The van der Waals surface area contributed by atoms with Crippen molar-refractivity contribution in [2.75, 3.05) is 46.4 Å². The fourth-order valence-electron chi connectivity index (χ4n) is 5.90. The van der Waals surface area contributed by atoms with Crippen molar-refractivity contribution in [1.82, 2.24) is 20.1 Å². The van der Waals surface area contributed by atoms with Crippen LogP contribution in [0.4, 0.5) is 4.39 Å². The highest BCUT2D eigenvalue weighted by Gasteiger charge is 2.32. The molecule has 6 rings (SSSR count). The molecular formula is C27H30FN5O2. The smallest absolute Gasteiger partial charge is 0.237 e. The van der Waals surface area contributed by atoms with Gasteiger partial charge in [0, 0.05) is 56.1 Å². The number of carbonyl (C=O) groups excluding carboxylic acids is 1. The van der Waals surface area contributed by atoms with Gasteiger partial charge in [-0.3, -0.25) is 15.1 Å². The first-order valence-electron chi connectivity index (χ1n) is 12.4. The number of fused-ring (bicyclic) bond motifs is 2. The molecule has 0 spiro atoms. The molecule has 1 aromatic rings. The Kier molecular flexibility index (Phi) is 5.57. The highest BCUT2D eigenvalue weighted by Crippen LogP contribution is 2.39. The van der Waals surface area contributed by atoms with E-state index in [9.17, 15) is 14.3 Å². The summed E-state index contributed by atoms with van der Waals surface area (Å²) in [6.45, 7) is 3.39. The zero-order valence-electron chi connectivity index (χ0n) is 19.9. The van der Waals surface area contributed by atoms with E-state index < -0.39 is 0 Å². The van der Waals surface area contributed by atoms with Crippen LogP contribution in [0.3, 0.4) is 0 Å². The molecular weight excluding hydrogens is 445 g/mol. The fourth-order valence-corrected chi connectivity index (χ4v) is 5.90. The lowest BCUT2D eigenvalue weighted by Gasteiger charge is -2.33. The SMILES string of the molecule is CN1C=C2C(=C(C3=CCN(CC(=O)N4CCC[C@H]4CO)CC3)C1)NN=C1C=Cc3cc(F)cc2c31. The van der Waals surface area contributed by atoms with Crippen LogP contribution in [0.15, 0.2) is 52.4 Å². The van der Waals surface area contributed by atoms with Gasteiger partial charge in [-0.1, -0.05) is 12.2 Å². The van der Waals surface area contributed by atoms with Crippen LogP contribution in [-0.2, 0) is 4.79 Å². The van der Waals surface area contributed by atoms with Crippen LogP contribution in [0, 0.1) is 5.82 Å². The number of nitrogens with one attached hydrogen (secondary N) is 1. The predicted molar refractivity (Wildman–Crippen MR) is 134 cm³/mol. The number of likely N-dealkylation sites (tertiary alicyclic amines) is 1. The molecule has 4 aliphatic heterocycles. The molecule has 1 aliphatic carbocycles. The summed E-state index contributed by atoms with van der Waals surface area (Å²) in [4.78, 5) is 19.0. The van der Waals surface area contributed by atoms with Gasteiger partial charge in [-0.25, -0.2) is 4.39 Å². The molecule has 5 aliphatic rings. The maximum atomic E-state index is 14.5. The average molecular weight is 476 g/mol. The van der Waals surface area contributed by atoms with Crippen LogP contribution in [0.2, 0.25) is 0 Å². The summed E-state index contributed by atoms with van der Waals surface area (Å²) in [6, 6.07) is 3.14. The number of halogens is 1. The molecule has 1 saturated heterocycles. The van der Waals surface area contributed by atoms with Gasteiger partial charge in [0.1, 0.15) is 5.82 Å². The minimum Gasteiger partial charge on any atom is -0.394 e. The average Bonchev–Trinajstić information content (AvgIpc) is 3.46. The number of allylic oxidation sites excluding steroid dienone is 2. The highest BCUT2D eigenvalue weighted by atomic mass is 19.1. The van der Waals surface area contributed by atoms with E-state index in [2.05, 4.69) is 32.6 Å². The molecule has 0 unspecified atom stereocenters. The van der Waals surface area contributed by atoms with Crippen molar-refractivity contribution >= 4 is 23.3 Å². The summed E-state index contributed by atoms with van der Waals surface area (Å²) >= 11 is 0.